The maximum Gasteiger partial charge on any atom is 0.225 e. The van der Waals surface area contributed by atoms with Crippen LogP contribution >= 0.6 is 11.6 Å². The normalized spacial score (nSPS) is 19.6. The van der Waals surface area contributed by atoms with E-state index in [0.717, 1.165) is 40.2 Å². The van der Waals surface area contributed by atoms with E-state index in [1.165, 1.54) is 12.8 Å². The van der Waals surface area contributed by atoms with Crippen molar-refractivity contribution < 1.29 is 0 Å². The van der Waals surface area contributed by atoms with Crippen LogP contribution in [0, 0.1) is 0 Å². The summed E-state index contributed by atoms with van der Waals surface area (Å²) in [4.78, 5) is 9.52. The van der Waals surface area contributed by atoms with E-state index in [2.05, 4.69) is 34.7 Å². The van der Waals surface area contributed by atoms with Gasteiger partial charge in [-0.25, -0.2) is 4.98 Å². The highest BCUT2D eigenvalue weighted by atomic mass is 35.5. The average Bonchev–Trinajstić information content (AvgIpc) is 3.13. The van der Waals surface area contributed by atoms with Gasteiger partial charge in [0.25, 0.3) is 0 Å². The van der Waals surface area contributed by atoms with Gasteiger partial charge in [0.1, 0.15) is 5.52 Å². The highest BCUT2D eigenvalue weighted by Crippen LogP contribution is 2.28. The van der Waals surface area contributed by atoms with Gasteiger partial charge in [-0.15, -0.1) is 0 Å². The third-order valence-corrected chi connectivity index (χ3v) is 5.76. The first-order valence-corrected chi connectivity index (χ1v) is 10.7. The summed E-state index contributed by atoms with van der Waals surface area (Å²) in [6.45, 7) is 4.87. The van der Waals surface area contributed by atoms with E-state index in [4.69, 9.17) is 27.3 Å². The minimum atomic E-state index is 0.127. The zero-order valence-electron chi connectivity index (χ0n) is 16.9. The number of aromatic nitrogens is 4. The van der Waals surface area contributed by atoms with E-state index >= 15 is 0 Å². The number of rotatable bonds is 6. The van der Waals surface area contributed by atoms with E-state index in [-0.39, 0.29) is 18.0 Å². The summed E-state index contributed by atoms with van der Waals surface area (Å²) < 4.78 is 0. The highest BCUT2D eigenvalue weighted by Gasteiger charge is 2.24. The molecule has 1 aromatic carbocycles. The number of hydrogen-bond acceptors (Lipinski definition) is 6. The quantitative estimate of drug-likeness (QED) is 0.476. The van der Waals surface area contributed by atoms with Gasteiger partial charge in [-0.05, 0) is 36.5 Å². The fourth-order valence-electron chi connectivity index (χ4n) is 3.80. The van der Waals surface area contributed by atoms with Crippen LogP contribution in [0.2, 0.25) is 5.02 Å². The monoisotopic (exact) mass is 413 g/mol. The number of halogens is 1. The van der Waals surface area contributed by atoms with Crippen LogP contribution in [0.4, 0.5) is 11.8 Å². The molecule has 1 fully saturated rings. The number of fused-ring (bicyclic) bond motifs is 1. The number of nitrogens with two attached hydrogens (primary N) is 1. The molecule has 1 aliphatic rings. The molecular weight excluding hydrogens is 386 g/mol. The zero-order chi connectivity index (χ0) is 20.4. The van der Waals surface area contributed by atoms with Gasteiger partial charge in [0.05, 0.1) is 5.69 Å². The van der Waals surface area contributed by atoms with Crippen molar-refractivity contribution in [2.75, 3.05) is 10.6 Å². The molecule has 3 aromatic rings. The van der Waals surface area contributed by atoms with E-state index < -0.39 is 0 Å². The second-order valence-corrected chi connectivity index (χ2v) is 8.50. The Balaban J connectivity index is 1.64. The molecule has 2 aromatic heterocycles. The lowest BCUT2D eigenvalue weighted by atomic mass is 9.91. The average molecular weight is 414 g/mol. The van der Waals surface area contributed by atoms with Crippen LogP contribution in [0.3, 0.4) is 0 Å². The molecule has 0 spiro atoms. The van der Waals surface area contributed by atoms with Gasteiger partial charge in [0, 0.05) is 23.7 Å². The topological polar surface area (TPSA) is 105 Å². The molecule has 0 radical (unpaired) electrons. The van der Waals surface area contributed by atoms with Gasteiger partial charge >= 0.3 is 0 Å². The summed E-state index contributed by atoms with van der Waals surface area (Å²) in [5, 5.41) is 15.2. The second kappa shape index (κ2) is 8.55. The Morgan fingerprint density at radius 3 is 2.62 bits per heavy atom. The number of anilines is 2. The van der Waals surface area contributed by atoms with Crippen molar-refractivity contribution in [3.8, 4) is 0 Å². The van der Waals surface area contributed by atoms with Crippen molar-refractivity contribution in [2.24, 2.45) is 5.73 Å². The molecule has 2 heterocycles. The Hall–Kier alpha value is -2.38. The van der Waals surface area contributed by atoms with Gasteiger partial charge in [0.15, 0.2) is 11.3 Å². The van der Waals surface area contributed by atoms with Crippen molar-refractivity contribution >= 4 is 34.4 Å². The van der Waals surface area contributed by atoms with Gasteiger partial charge in [-0.3, -0.25) is 5.10 Å². The van der Waals surface area contributed by atoms with Crippen LogP contribution in [0.1, 0.15) is 56.7 Å². The van der Waals surface area contributed by atoms with Crippen LogP contribution in [-0.2, 0) is 6.54 Å². The fourth-order valence-corrected chi connectivity index (χ4v) is 3.93. The predicted molar refractivity (Wildman–Crippen MR) is 118 cm³/mol. The molecule has 4 rings (SSSR count). The lowest BCUT2D eigenvalue weighted by molar-refractivity contribution is 0.402. The van der Waals surface area contributed by atoms with Gasteiger partial charge in [-0.2, -0.15) is 10.1 Å². The molecule has 2 atom stereocenters. The number of nitrogens with one attached hydrogen (secondary N) is 3. The molecule has 1 aliphatic carbocycles. The second-order valence-electron chi connectivity index (χ2n) is 8.06. The SMILES string of the molecule is CC(C)c1[nH]nc2c(NCc3ccc(Cl)cc3)nc(NC3CCCCC3N)nc12. The molecule has 29 heavy (non-hydrogen) atoms. The number of H-pyrrole nitrogens is 1. The molecule has 1 saturated carbocycles. The summed E-state index contributed by atoms with van der Waals surface area (Å²) in [6, 6.07) is 8.09. The Morgan fingerprint density at radius 1 is 1.14 bits per heavy atom. The molecule has 0 amide bonds. The van der Waals surface area contributed by atoms with Crippen LogP contribution in [0.15, 0.2) is 24.3 Å². The highest BCUT2D eigenvalue weighted by molar-refractivity contribution is 6.30. The summed E-state index contributed by atoms with van der Waals surface area (Å²) in [7, 11) is 0. The lowest BCUT2D eigenvalue weighted by Crippen LogP contribution is -2.43. The summed E-state index contributed by atoms with van der Waals surface area (Å²) in [6.07, 6.45) is 4.44. The minimum absolute atomic E-state index is 0.127. The smallest absolute Gasteiger partial charge is 0.225 e. The van der Waals surface area contributed by atoms with Crippen LogP contribution in [-0.4, -0.2) is 32.2 Å². The first-order valence-electron chi connectivity index (χ1n) is 10.3. The van der Waals surface area contributed by atoms with E-state index in [9.17, 15) is 0 Å². The van der Waals surface area contributed by atoms with Gasteiger partial charge in [0.2, 0.25) is 5.95 Å². The van der Waals surface area contributed by atoms with Crippen molar-refractivity contribution in [2.45, 2.75) is 64.1 Å². The molecule has 0 aliphatic heterocycles. The van der Waals surface area contributed by atoms with Gasteiger partial charge < -0.3 is 16.4 Å². The number of hydrogen-bond donors (Lipinski definition) is 4. The van der Waals surface area contributed by atoms with E-state index in [0.29, 0.717) is 18.3 Å². The molecule has 5 N–H and O–H groups in total. The molecule has 0 bridgehead atoms. The molecule has 2 unspecified atom stereocenters. The standard InChI is InChI=1S/C21H28ClN7/c1-12(2)17-18-19(29-28-17)20(24-11-13-7-9-14(22)10-8-13)27-21(26-18)25-16-6-4-3-5-15(16)23/h7-10,12,15-16H,3-6,11,23H2,1-2H3,(H,28,29)(H2,24,25,26,27). The third kappa shape index (κ3) is 4.46. The number of nitrogens with zero attached hydrogens (tertiary/aromatic N) is 3. The molecule has 8 heteroatoms. The number of benzene rings is 1. The molecular formula is C21H28ClN7. The Labute approximate surface area is 175 Å². The summed E-state index contributed by atoms with van der Waals surface area (Å²) in [5.74, 6) is 1.59. The van der Waals surface area contributed by atoms with Crippen molar-refractivity contribution in [1.82, 2.24) is 20.2 Å². The van der Waals surface area contributed by atoms with Crippen LogP contribution in [0.5, 0.6) is 0 Å². The first-order chi connectivity index (χ1) is 14.0. The minimum Gasteiger partial charge on any atom is -0.364 e. The van der Waals surface area contributed by atoms with E-state index in [1.54, 1.807) is 0 Å². The first kappa shape index (κ1) is 19.9. The molecule has 7 nitrogen and oxygen atoms in total. The lowest BCUT2D eigenvalue weighted by Gasteiger charge is -2.29. The molecule has 0 saturated heterocycles. The predicted octanol–water partition coefficient (Wildman–Crippen LogP) is 4.42. The summed E-state index contributed by atoms with van der Waals surface area (Å²) >= 11 is 5.99. The van der Waals surface area contributed by atoms with Gasteiger partial charge in [-0.1, -0.05) is 50.4 Å². The van der Waals surface area contributed by atoms with Crippen LogP contribution in [0.25, 0.3) is 11.0 Å². The van der Waals surface area contributed by atoms with Crippen molar-refractivity contribution in [3.05, 3.63) is 40.5 Å². The maximum atomic E-state index is 6.32. The Kier molecular flexibility index (Phi) is 5.87. The molecule has 154 valence electrons. The van der Waals surface area contributed by atoms with Crippen molar-refractivity contribution in [1.29, 1.82) is 0 Å². The fraction of sp³-hybridized carbons (Fsp3) is 0.476. The van der Waals surface area contributed by atoms with Crippen LogP contribution < -0.4 is 16.4 Å². The maximum absolute atomic E-state index is 6.32. The Bertz CT molecular complexity index is 967. The zero-order valence-corrected chi connectivity index (χ0v) is 17.6. The van der Waals surface area contributed by atoms with E-state index in [1.807, 2.05) is 24.3 Å². The largest absolute Gasteiger partial charge is 0.364 e. The summed E-state index contributed by atoms with van der Waals surface area (Å²) in [5.41, 5.74) is 10.0. The number of aromatic amines is 1. The Morgan fingerprint density at radius 2 is 1.90 bits per heavy atom. The third-order valence-electron chi connectivity index (χ3n) is 5.51. The van der Waals surface area contributed by atoms with Crippen molar-refractivity contribution in [3.63, 3.8) is 0 Å².